The average molecular weight is 409 g/mol. The van der Waals surface area contributed by atoms with E-state index >= 15 is 0 Å². The quantitative estimate of drug-likeness (QED) is 0.722. The summed E-state index contributed by atoms with van der Waals surface area (Å²) in [6, 6.07) is 12.4. The first-order chi connectivity index (χ1) is 12.7. The highest BCUT2D eigenvalue weighted by Gasteiger charge is 2.19. The molecular weight excluding hydrogens is 380 g/mol. The lowest BCUT2D eigenvalue weighted by atomic mass is 9.90. The predicted molar refractivity (Wildman–Crippen MR) is 114 cm³/mol. The molecule has 3 rings (SSSR count). The van der Waals surface area contributed by atoms with Gasteiger partial charge in [0, 0.05) is 18.0 Å². The van der Waals surface area contributed by atoms with Gasteiger partial charge in [0.1, 0.15) is 5.75 Å². The Kier molecular flexibility index (Phi) is 9.11. The highest BCUT2D eigenvalue weighted by molar-refractivity contribution is 7.10. The van der Waals surface area contributed by atoms with Gasteiger partial charge in [-0.25, -0.2) is 0 Å². The minimum atomic E-state index is 0. The zero-order valence-corrected chi connectivity index (χ0v) is 17.5. The van der Waals surface area contributed by atoms with E-state index in [1.165, 1.54) is 18.4 Å². The number of likely N-dealkylation sites (tertiary alicyclic amines) is 1. The van der Waals surface area contributed by atoms with Crippen LogP contribution < -0.4 is 10.1 Å². The third-order valence-electron chi connectivity index (χ3n) is 5.03. The lowest BCUT2D eigenvalue weighted by Crippen LogP contribution is -2.40. The van der Waals surface area contributed by atoms with E-state index in [0.29, 0.717) is 6.42 Å². The first-order valence-corrected chi connectivity index (χ1v) is 10.3. The summed E-state index contributed by atoms with van der Waals surface area (Å²) in [6.45, 7) is 3.93. The van der Waals surface area contributed by atoms with E-state index < -0.39 is 0 Å². The van der Waals surface area contributed by atoms with Gasteiger partial charge in [0.2, 0.25) is 5.91 Å². The van der Waals surface area contributed by atoms with Crippen molar-refractivity contribution < 1.29 is 9.53 Å². The summed E-state index contributed by atoms with van der Waals surface area (Å²) >= 11 is 1.64. The molecule has 0 spiro atoms. The summed E-state index contributed by atoms with van der Waals surface area (Å²) in [5.41, 5.74) is 1.36. The number of piperidine rings is 1. The molecule has 6 heteroatoms. The van der Waals surface area contributed by atoms with Gasteiger partial charge < -0.3 is 15.0 Å². The monoisotopic (exact) mass is 408 g/mol. The first-order valence-electron chi connectivity index (χ1n) is 9.37. The molecule has 0 atom stereocenters. The van der Waals surface area contributed by atoms with Crippen LogP contribution in [0.5, 0.6) is 5.75 Å². The normalized spacial score (nSPS) is 15.1. The molecule has 0 unspecified atom stereocenters. The van der Waals surface area contributed by atoms with Crippen molar-refractivity contribution in [3.63, 3.8) is 0 Å². The molecule has 1 saturated heterocycles. The number of benzene rings is 1. The second kappa shape index (κ2) is 11.3. The number of hydrogen-bond acceptors (Lipinski definition) is 4. The van der Waals surface area contributed by atoms with Crippen LogP contribution in [0.25, 0.3) is 0 Å². The van der Waals surface area contributed by atoms with E-state index in [4.69, 9.17) is 4.74 Å². The van der Waals surface area contributed by atoms with Gasteiger partial charge in [-0.05, 0) is 67.4 Å². The molecular formula is C21H29ClN2O2S. The highest BCUT2D eigenvalue weighted by Crippen LogP contribution is 2.23. The summed E-state index contributed by atoms with van der Waals surface area (Å²) in [6.07, 6.45) is 4.07. The fraction of sp³-hybridized carbons (Fsp3) is 0.476. The number of nitrogens with one attached hydrogen (secondary N) is 1. The predicted octanol–water partition coefficient (Wildman–Crippen LogP) is 3.79. The second-order valence-corrected chi connectivity index (χ2v) is 7.98. The number of carbonyl (C=O) groups is 1. The average Bonchev–Trinajstić information content (AvgIpc) is 3.16. The lowest BCUT2D eigenvalue weighted by Gasteiger charge is -2.32. The SMILES string of the molecule is COc1cccc(CC2CCN(CCNC(=O)Cc3cccs3)CC2)c1.Cl. The molecule has 0 saturated carbocycles. The minimum absolute atomic E-state index is 0. The van der Waals surface area contributed by atoms with Gasteiger partial charge >= 0.3 is 0 Å². The van der Waals surface area contributed by atoms with Gasteiger partial charge in [0.05, 0.1) is 13.5 Å². The van der Waals surface area contributed by atoms with Gasteiger partial charge in [-0.1, -0.05) is 18.2 Å². The van der Waals surface area contributed by atoms with Crippen molar-refractivity contribution >= 4 is 29.7 Å². The molecule has 27 heavy (non-hydrogen) atoms. The van der Waals surface area contributed by atoms with Crippen LogP contribution in [0.1, 0.15) is 23.3 Å². The van der Waals surface area contributed by atoms with Crippen LogP contribution in [0.3, 0.4) is 0 Å². The van der Waals surface area contributed by atoms with E-state index in [-0.39, 0.29) is 18.3 Å². The molecule has 0 radical (unpaired) electrons. The maximum absolute atomic E-state index is 11.9. The number of carbonyl (C=O) groups excluding carboxylic acids is 1. The van der Waals surface area contributed by atoms with Gasteiger partial charge in [0.25, 0.3) is 0 Å². The molecule has 1 fully saturated rings. The molecule has 0 aliphatic carbocycles. The number of ether oxygens (including phenoxy) is 1. The number of halogens is 1. The number of thiophene rings is 1. The van der Waals surface area contributed by atoms with E-state index in [1.807, 2.05) is 23.6 Å². The standard InChI is InChI=1S/C21H28N2O2S.ClH/c1-25-19-5-2-4-18(15-19)14-17-7-10-23(11-8-17)12-9-22-21(24)16-20-6-3-13-26-20;/h2-6,13,15,17H,7-12,14,16H2,1H3,(H,22,24);1H. The van der Waals surface area contributed by atoms with Gasteiger partial charge in [0.15, 0.2) is 0 Å². The molecule has 1 aromatic carbocycles. The van der Waals surface area contributed by atoms with Gasteiger partial charge in [-0.3, -0.25) is 4.79 Å². The van der Waals surface area contributed by atoms with Crippen molar-refractivity contribution in [2.24, 2.45) is 5.92 Å². The lowest BCUT2D eigenvalue weighted by molar-refractivity contribution is -0.120. The fourth-order valence-corrected chi connectivity index (χ4v) is 4.24. The fourth-order valence-electron chi connectivity index (χ4n) is 3.53. The Hall–Kier alpha value is -1.56. The Morgan fingerprint density at radius 1 is 1.26 bits per heavy atom. The molecule has 1 aliphatic heterocycles. The molecule has 1 aliphatic rings. The molecule has 148 valence electrons. The van der Waals surface area contributed by atoms with Crippen molar-refractivity contribution in [3.8, 4) is 5.75 Å². The Bertz CT molecular complexity index is 685. The Balaban J connectivity index is 0.00000261. The third kappa shape index (κ3) is 7.17. The zero-order chi connectivity index (χ0) is 18.2. The van der Waals surface area contributed by atoms with E-state index in [1.54, 1.807) is 18.4 Å². The molecule has 4 nitrogen and oxygen atoms in total. The van der Waals surface area contributed by atoms with Crippen LogP contribution in [-0.4, -0.2) is 44.1 Å². The highest BCUT2D eigenvalue weighted by atomic mass is 35.5. The van der Waals surface area contributed by atoms with Crippen LogP contribution in [-0.2, 0) is 17.6 Å². The van der Waals surface area contributed by atoms with Crippen molar-refractivity contribution in [2.75, 3.05) is 33.3 Å². The van der Waals surface area contributed by atoms with E-state index in [9.17, 15) is 4.79 Å². The summed E-state index contributed by atoms with van der Waals surface area (Å²) in [4.78, 5) is 15.5. The van der Waals surface area contributed by atoms with Crippen LogP contribution in [0.2, 0.25) is 0 Å². The number of nitrogens with zero attached hydrogens (tertiary/aromatic N) is 1. The number of hydrogen-bond donors (Lipinski definition) is 1. The Morgan fingerprint density at radius 2 is 2.07 bits per heavy atom. The maximum atomic E-state index is 11.9. The Morgan fingerprint density at radius 3 is 2.78 bits per heavy atom. The largest absolute Gasteiger partial charge is 0.497 e. The summed E-state index contributed by atoms with van der Waals surface area (Å²) in [7, 11) is 1.72. The van der Waals surface area contributed by atoms with E-state index in [0.717, 1.165) is 49.1 Å². The Labute approximate surface area is 172 Å². The molecule has 1 amide bonds. The smallest absolute Gasteiger partial charge is 0.225 e. The zero-order valence-electron chi connectivity index (χ0n) is 15.9. The molecule has 1 N–H and O–H groups in total. The molecule has 1 aromatic heterocycles. The van der Waals surface area contributed by atoms with Crippen LogP contribution in [0, 0.1) is 5.92 Å². The second-order valence-electron chi connectivity index (χ2n) is 6.95. The van der Waals surface area contributed by atoms with Gasteiger partial charge in [-0.15, -0.1) is 23.7 Å². The first kappa shape index (κ1) is 21.7. The van der Waals surface area contributed by atoms with Gasteiger partial charge in [-0.2, -0.15) is 0 Å². The third-order valence-corrected chi connectivity index (χ3v) is 5.91. The van der Waals surface area contributed by atoms with Crippen molar-refractivity contribution in [1.29, 1.82) is 0 Å². The molecule has 0 bridgehead atoms. The minimum Gasteiger partial charge on any atom is -0.497 e. The topological polar surface area (TPSA) is 41.6 Å². The summed E-state index contributed by atoms with van der Waals surface area (Å²) in [5, 5.41) is 5.06. The number of amides is 1. The summed E-state index contributed by atoms with van der Waals surface area (Å²) in [5.74, 6) is 1.81. The maximum Gasteiger partial charge on any atom is 0.225 e. The van der Waals surface area contributed by atoms with Crippen molar-refractivity contribution in [3.05, 3.63) is 52.2 Å². The van der Waals surface area contributed by atoms with Crippen molar-refractivity contribution in [1.82, 2.24) is 10.2 Å². The summed E-state index contributed by atoms with van der Waals surface area (Å²) < 4.78 is 5.32. The molecule has 2 aromatic rings. The van der Waals surface area contributed by atoms with E-state index in [2.05, 4.69) is 28.4 Å². The number of methoxy groups -OCH3 is 1. The van der Waals surface area contributed by atoms with Crippen molar-refractivity contribution in [2.45, 2.75) is 25.7 Å². The van der Waals surface area contributed by atoms with Crippen LogP contribution in [0.15, 0.2) is 41.8 Å². The number of rotatable bonds is 8. The van der Waals surface area contributed by atoms with Crippen LogP contribution >= 0.6 is 23.7 Å². The molecule has 2 heterocycles. The van der Waals surface area contributed by atoms with Crippen LogP contribution in [0.4, 0.5) is 0 Å².